The number of rotatable bonds is 4. The van der Waals surface area contributed by atoms with E-state index in [1.54, 1.807) is 17.3 Å². The van der Waals surface area contributed by atoms with Crippen LogP contribution in [0.4, 0.5) is 9.93 Å². The van der Waals surface area contributed by atoms with Gasteiger partial charge in [0, 0.05) is 35.7 Å². The van der Waals surface area contributed by atoms with Crippen molar-refractivity contribution in [3.63, 3.8) is 0 Å². The van der Waals surface area contributed by atoms with Crippen LogP contribution in [0, 0.1) is 0 Å². The summed E-state index contributed by atoms with van der Waals surface area (Å²) in [5.74, 6) is 1.41. The average molecular weight is 404 g/mol. The molecule has 7 nitrogen and oxygen atoms in total. The minimum atomic E-state index is -0.109. The second kappa shape index (κ2) is 8.45. The predicted molar refractivity (Wildman–Crippen MR) is 114 cm³/mol. The third-order valence-electron chi connectivity index (χ3n) is 4.95. The van der Waals surface area contributed by atoms with Crippen LogP contribution >= 0.6 is 11.3 Å². The number of likely N-dealkylation sites (tertiary alicyclic amines) is 1. The van der Waals surface area contributed by atoms with Crippen molar-refractivity contribution in [2.24, 2.45) is 0 Å². The normalized spacial score (nSPS) is 16.6. The van der Waals surface area contributed by atoms with E-state index < -0.39 is 0 Å². The largest absolute Gasteiger partial charge is 0.441 e. The number of thiazole rings is 1. The van der Waals surface area contributed by atoms with E-state index in [-0.39, 0.29) is 17.5 Å². The number of piperidine rings is 1. The fraction of sp³-hybridized carbons (Fsp3) is 0.550. The van der Waals surface area contributed by atoms with E-state index >= 15 is 0 Å². The number of aromatic nitrogens is 2. The van der Waals surface area contributed by atoms with Gasteiger partial charge in [-0.3, -0.25) is 5.32 Å². The molecule has 0 spiro atoms. The standard InChI is InChI=1S/C20H29N5O2S/c1-20(2,3)16-13-21-17(27-16)7-6-15-12-22-18(28-15)23-19(26)25(5)14-8-10-24(4)11-9-14/h6-7,12-14H,8-11H2,1-5H3,(H,22,23,26). The van der Waals surface area contributed by atoms with Crippen LogP contribution in [0.2, 0.25) is 0 Å². The van der Waals surface area contributed by atoms with Crippen molar-refractivity contribution in [1.29, 1.82) is 0 Å². The van der Waals surface area contributed by atoms with Gasteiger partial charge in [-0.1, -0.05) is 32.1 Å². The first-order valence-corrected chi connectivity index (χ1v) is 10.4. The van der Waals surface area contributed by atoms with Gasteiger partial charge >= 0.3 is 6.03 Å². The highest BCUT2D eigenvalue weighted by Gasteiger charge is 2.24. The van der Waals surface area contributed by atoms with Gasteiger partial charge in [0.1, 0.15) is 5.76 Å². The lowest BCUT2D eigenvalue weighted by atomic mass is 9.94. The Hall–Kier alpha value is -2.19. The molecule has 1 aliphatic rings. The molecule has 152 valence electrons. The lowest BCUT2D eigenvalue weighted by Crippen LogP contribution is -2.46. The molecule has 28 heavy (non-hydrogen) atoms. The number of urea groups is 1. The molecule has 0 aromatic carbocycles. The van der Waals surface area contributed by atoms with Crippen LogP contribution in [0.3, 0.4) is 0 Å². The zero-order chi connectivity index (χ0) is 20.3. The molecular weight excluding hydrogens is 374 g/mol. The molecule has 2 aromatic heterocycles. The van der Waals surface area contributed by atoms with Gasteiger partial charge in [0.25, 0.3) is 0 Å². The van der Waals surface area contributed by atoms with Crippen LogP contribution in [0.25, 0.3) is 12.2 Å². The van der Waals surface area contributed by atoms with E-state index in [0.717, 1.165) is 36.6 Å². The van der Waals surface area contributed by atoms with E-state index in [9.17, 15) is 4.79 Å². The monoisotopic (exact) mass is 403 g/mol. The van der Waals surface area contributed by atoms with Gasteiger partial charge in [-0.2, -0.15) is 0 Å². The highest BCUT2D eigenvalue weighted by molar-refractivity contribution is 7.16. The third-order valence-corrected chi connectivity index (χ3v) is 5.82. The Balaban J connectivity index is 1.56. The number of carbonyl (C=O) groups excluding carboxylic acids is 1. The van der Waals surface area contributed by atoms with Crippen LogP contribution in [0.5, 0.6) is 0 Å². The summed E-state index contributed by atoms with van der Waals surface area (Å²) >= 11 is 1.42. The van der Waals surface area contributed by atoms with Crippen LogP contribution in [0.15, 0.2) is 16.8 Å². The molecular formula is C20H29N5O2S. The van der Waals surface area contributed by atoms with Crippen molar-refractivity contribution in [1.82, 2.24) is 19.8 Å². The Morgan fingerprint density at radius 3 is 2.64 bits per heavy atom. The second-order valence-corrected chi connectivity index (χ2v) is 9.35. The van der Waals surface area contributed by atoms with Crippen LogP contribution in [0.1, 0.15) is 50.1 Å². The van der Waals surface area contributed by atoms with Crippen molar-refractivity contribution in [3.8, 4) is 0 Å². The number of nitrogens with one attached hydrogen (secondary N) is 1. The number of hydrogen-bond acceptors (Lipinski definition) is 6. The molecule has 0 radical (unpaired) electrons. The van der Waals surface area contributed by atoms with Crippen molar-refractivity contribution < 1.29 is 9.21 Å². The number of anilines is 1. The quantitative estimate of drug-likeness (QED) is 0.830. The minimum absolute atomic E-state index is 0.0686. The van der Waals surface area contributed by atoms with E-state index in [4.69, 9.17) is 4.42 Å². The zero-order valence-electron chi connectivity index (χ0n) is 17.2. The maximum atomic E-state index is 12.5. The van der Waals surface area contributed by atoms with Crippen LogP contribution in [-0.2, 0) is 5.41 Å². The summed E-state index contributed by atoms with van der Waals surface area (Å²) < 4.78 is 5.75. The Labute approximate surface area is 170 Å². The van der Waals surface area contributed by atoms with Gasteiger partial charge in [0.15, 0.2) is 5.13 Å². The maximum absolute atomic E-state index is 12.5. The second-order valence-electron chi connectivity index (χ2n) is 8.29. The number of nitrogens with zero attached hydrogens (tertiary/aromatic N) is 4. The molecule has 0 unspecified atom stereocenters. The Morgan fingerprint density at radius 2 is 2.00 bits per heavy atom. The van der Waals surface area contributed by atoms with E-state index in [1.165, 1.54) is 11.3 Å². The van der Waals surface area contributed by atoms with Gasteiger partial charge in [-0.15, -0.1) is 0 Å². The molecule has 1 saturated heterocycles. The summed E-state index contributed by atoms with van der Waals surface area (Å²) in [6, 6.07) is 0.166. The molecule has 0 aliphatic carbocycles. The molecule has 3 heterocycles. The van der Waals surface area contributed by atoms with Gasteiger partial charge < -0.3 is 14.2 Å². The first kappa shape index (κ1) is 20.5. The van der Waals surface area contributed by atoms with Gasteiger partial charge in [-0.05, 0) is 39.1 Å². The van der Waals surface area contributed by atoms with Crippen molar-refractivity contribution in [2.75, 3.05) is 32.5 Å². The Morgan fingerprint density at radius 1 is 1.29 bits per heavy atom. The summed E-state index contributed by atoms with van der Waals surface area (Å²) in [7, 11) is 3.97. The molecule has 1 fully saturated rings. The van der Waals surface area contributed by atoms with E-state index in [0.29, 0.717) is 11.0 Å². The SMILES string of the molecule is CN1CCC(N(C)C(=O)Nc2ncc(C=Cc3ncc(C(C)(C)C)o3)s2)CC1. The lowest BCUT2D eigenvalue weighted by Gasteiger charge is -2.34. The zero-order valence-corrected chi connectivity index (χ0v) is 18.0. The third kappa shape index (κ3) is 5.20. The summed E-state index contributed by atoms with van der Waals surface area (Å²) in [6.45, 7) is 8.30. The Bertz CT molecular complexity index is 828. The average Bonchev–Trinajstić information content (AvgIpc) is 3.29. The molecule has 0 atom stereocenters. The summed E-state index contributed by atoms with van der Waals surface area (Å²) in [5, 5.41) is 3.49. The summed E-state index contributed by atoms with van der Waals surface area (Å²) in [6.07, 6.45) is 9.21. The smallest absolute Gasteiger partial charge is 0.323 e. The van der Waals surface area contributed by atoms with E-state index in [1.807, 2.05) is 19.2 Å². The van der Waals surface area contributed by atoms with E-state index in [2.05, 4.69) is 48.0 Å². The highest BCUT2D eigenvalue weighted by atomic mass is 32.1. The molecule has 0 bridgehead atoms. The van der Waals surface area contributed by atoms with Crippen LogP contribution in [-0.4, -0.2) is 59.0 Å². The number of amides is 2. The number of carbonyl (C=O) groups is 1. The lowest BCUT2D eigenvalue weighted by molar-refractivity contribution is 0.156. The maximum Gasteiger partial charge on any atom is 0.323 e. The minimum Gasteiger partial charge on any atom is -0.441 e. The number of oxazole rings is 1. The summed E-state index contributed by atoms with van der Waals surface area (Å²) in [4.78, 5) is 26.1. The number of hydrogen-bond donors (Lipinski definition) is 1. The highest BCUT2D eigenvalue weighted by Crippen LogP contribution is 2.25. The molecule has 1 aliphatic heterocycles. The predicted octanol–water partition coefficient (Wildman–Crippen LogP) is 4.16. The topological polar surface area (TPSA) is 74.5 Å². The molecule has 8 heteroatoms. The van der Waals surface area contributed by atoms with Gasteiger partial charge in [0.05, 0.1) is 6.20 Å². The molecule has 0 saturated carbocycles. The molecule has 1 N–H and O–H groups in total. The van der Waals surface area contributed by atoms with Gasteiger partial charge in [-0.25, -0.2) is 14.8 Å². The van der Waals surface area contributed by atoms with Crippen molar-refractivity contribution in [2.45, 2.75) is 45.1 Å². The molecule has 2 aromatic rings. The molecule has 3 rings (SSSR count). The van der Waals surface area contributed by atoms with Crippen molar-refractivity contribution in [3.05, 3.63) is 28.9 Å². The van der Waals surface area contributed by atoms with Crippen LogP contribution < -0.4 is 5.32 Å². The fourth-order valence-electron chi connectivity index (χ4n) is 3.01. The van der Waals surface area contributed by atoms with Gasteiger partial charge in [0.2, 0.25) is 5.89 Å². The first-order valence-electron chi connectivity index (χ1n) is 9.55. The Kier molecular flexibility index (Phi) is 6.20. The first-order chi connectivity index (χ1) is 13.2. The summed E-state index contributed by atoms with van der Waals surface area (Å²) in [5.41, 5.74) is -0.0686. The van der Waals surface area contributed by atoms with Crippen molar-refractivity contribution >= 4 is 34.7 Å². The fourth-order valence-corrected chi connectivity index (χ4v) is 3.72. The molecule has 2 amide bonds.